The van der Waals surface area contributed by atoms with Gasteiger partial charge in [-0.2, -0.15) is 0 Å². The van der Waals surface area contributed by atoms with Crippen LogP contribution in [0.4, 0.5) is 0 Å². The first-order chi connectivity index (χ1) is 8.72. The zero-order valence-corrected chi connectivity index (χ0v) is 12.4. The Bertz CT molecular complexity index is 519. The molecule has 1 nitrogen and oxygen atoms in total. The van der Waals surface area contributed by atoms with Crippen molar-refractivity contribution in [3.05, 3.63) is 45.8 Å². The molecule has 0 aliphatic heterocycles. The number of hydrogen-bond donors (Lipinski definition) is 1. The molecule has 3 heteroatoms. The molecule has 0 aliphatic rings. The Morgan fingerprint density at radius 2 is 2.11 bits per heavy atom. The third-order valence-electron chi connectivity index (χ3n) is 2.91. The standard InChI is InChI=1S/C15H18ClNS/c1-3-7-17-10-13-9-12(4-5-14(13)16)15-11(2)6-8-18-15/h4-6,8-9,17H,3,7,10H2,1-2H3. The number of nitrogens with one attached hydrogen (secondary N) is 1. The molecule has 18 heavy (non-hydrogen) atoms. The van der Waals surface area contributed by atoms with Gasteiger partial charge in [-0.05, 0) is 60.2 Å². The quantitative estimate of drug-likeness (QED) is 0.770. The van der Waals surface area contributed by atoms with Gasteiger partial charge in [0.15, 0.2) is 0 Å². The van der Waals surface area contributed by atoms with Gasteiger partial charge in [0.1, 0.15) is 0 Å². The summed E-state index contributed by atoms with van der Waals surface area (Å²) in [6.45, 7) is 6.18. The van der Waals surface area contributed by atoms with Crippen molar-refractivity contribution in [2.75, 3.05) is 6.54 Å². The predicted molar refractivity (Wildman–Crippen MR) is 81.5 cm³/mol. The van der Waals surface area contributed by atoms with Crippen molar-refractivity contribution in [3.63, 3.8) is 0 Å². The van der Waals surface area contributed by atoms with Crippen LogP contribution in [-0.2, 0) is 6.54 Å². The first-order valence-electron chi connectivity index (χ1n) is 6.26. The van der Waals surface area contributed by atoms with Gasteiger partial charge in [-0.25, -0.2) is 0 Å². The lowest BCUT2D eigenvalue weighted by atomic mass is 10.1. The van der Waals surface area contributed by atoms with E-state index in [1.165, 1.54) is 21.6 Å². The SMILES string of the molecule is CCCNCc1cc(-c2sccc2C)ccc1Cl. The molecule has 1 aromatic heterocycles. The van der Waals surface area contributed by atoms with Crippen LogP contribution in [0.15, 0.2) is 29.6 Å². The van der Waals surface area contributed by atoms with E-state index >= 15 is 0 Å². The van der Waals surface area contributed by atoms with E-state index in [1.807, 2.05) is 6.07 Å². The zero-order chi connectivity index (χ0) is 13.0. The molecule has 0 saturated carbocycles. The van der Waals surface area contributed by atoms with E-state index in [1.54, 1.807) is 11.3 Å². The number of thiophene rings is 1. The average molecular weight is 280 g/mol. The molecule has 0 bridgehead atoms. The van der Waals surface area contributed by atoms with Gasteiger partial charge in [-0.3, -0.25) is 0 Å². The van der Waals surface area contributed by atoms with Crippen molar-refractivity contribution in [2.24, 2.45) is 0 Å². The Morgan fingerprint density at radius 3 is 2.78 bits per heavy atom. The lowest BCUT2D eigenvalue weighted by Gasteiger charge is -2.08. The van der Waals surface area contributed by atoms with Crippen molar-refractivity contribution in [2.45, 2.75) is 26.8 Å². The Labute approximate surface area is 118 Å². The second-order valence-corrected chi connectivity index (χ2v) is 5.74. The summed E-state index contributed by atoms with van der Waals surface area (Å²) in [5.41, 5.74) is 3.77. The summed E-state index contributed by atoms with van der Waals surface area (Å²) in [7, 11) is 0. The highest BCUT2D eigenvalue weighted by atomic mass is 35.5. The van der Waals surface area contributed by atoms with Crippen molar-refractivity contribution in [1.82, 2.24) is 5.32 Å². The maximum absolute atomic E-state index is 6.24. The van der Waals surface area contributed by atoms with E-state index in [-0.39, 0.29) is 0 Å². The number of rotatable bonds is 5. The van der Waals surface area contributed by atoms with Crippen LogP contribution < -0.4 is 5.32 Å². The molecule has 0 radical (unpaired) electrons. The van der Waals surface area contributed by atoms with Crippen LogP contribution in [0.5, 0.6) is 0 Å². The van der Waals surface area contributed by atoms with Gasteiger partial charge < -0.3 is 5.32 Å². The summed E-state index contributed by atoms with van der Waals surface area (Å²) in [5.74, 6) is 0. The van der Waals surface area contributed by atoms with Gasteiger partial charge in [0.05, 0.1) is 0 Å². The minimum atomic E-state index is 0.838. The van der Waals surface area contributed by atoms with Crippen molar-refractivity contribution in [1.29, 1.82) is 0 Å². The van der Waals surface area contributed by atoms with E-state index in [2.05, 4.69) is 42.7 Å². The van der Waals surface area contributed by atoms with Crippen LogP contribution in [0, 0.1) is 6.92 Å². The molecule has 0 aliphatic carbocycles. The Kier molecular flexibility index (Phi) is 4.81. The summed E-state index contributed by atoms with van der Waals surface area (Å²) in [5, 5.41) is 6.38. The first-order valence-corrected chi connectivity index (χ1v) is 7.51. The van der Waals surface area contributed by atoms with Gasteiger partial charge in [0, 0.05) is 16.4 Å². The molecule has 0 unspecified atom stereocenters. The zero-order valence-electron chi connectivity index (χ0n) is 10.8. The minimum Gasteiger partial charge on any atom is -0.313 e. The topological polar surface area (TPSA) is 12.0 Å². The number of halogens is 1. The minimum absolute atomic E-state index is 0.838. The first kappa shape index (κ1) is 13.6. The normalized spacial score (nSPS) is 10.8. The fraction of sp³-hybridized carbons (Fsp3) is 0.333. The monoisotopic (exact) mass is 279 g/mol. The predicted octanol–water partition coefficient (Wildman–Crippen LogP) is 4.88. The van der Waals surface area contributed by atoms with E-state index in [0.29, 0.717) is 0 Å². The van der Waals surface area contributed by atoms with Crippen molar-refractivity contribution in [3.8, 4) is 10.4 Å². The summed E-state index contributed by atoms with van der Waals surface area (Å²) in [6, 6.07) is 8.46. The third kappa shape index (κ3) is 3.14. The molecule has 1 heterocycles. The second kappa shape index (κ2) is 6.37. The molecule has 0 atom stereocenters. The van der Waals surface area contributed by atoms with Crippen LogP contribution >= 0.6 is 22.9 Å². The largest absolute Gasteiger partial charge is 0.313 e. The highest BCUT2D eigenvalue weighted by Crippen LogP contribution is 2.31. The Hall–Kier alpha value is -0.830. The van der Waals surface area contributed by atoms with Gasteiger partial charge >= 0.3 is 0 Å². The summed E-state index contributed by atoms with van der Waals surface area (Å²) >= 11 is 8.02. The van der Waals surface area contributed by atoms with Crippen LogP contribution in [0.25, 0.3) is 10.4 Å². The molecule has 0 saturated heterocycles. The number of hydrogen-bond acceptors (Lipinski definition) is 2. The highest BCUT2D eigenvalue weighted by Gasteiger charge is 2.06. The van der Waals surface area contributed by atoms with Gasteiger partial charge in [-0.15, -0.1) is 11.3 Å². The molecule has 1 N–H and O–H groups in total. The van der Waals surface area contributed by atoms with E-state index in [0.717, 1.165) is 24.5 Å². The average Bonchev–Trinajstić information content (AvgIpc) is 2.78. The van der Waals surface area contributed by atoms with Crippen molar-refractivity contribution >= 4 is 22.9 Å². The van der Waals surface area contributed by atoms with E-state index < -0.39 is 0 Å². The summed E-state index contributed by atoms with van der Waals surface area (Å²) < 4.78 is 0. The Balaban J connectivity index is 2.23. The van der Waals surface area contributed by atoms with Crippen LogP contribution in [0.3, 0.4) is 0 Å². The maximum atomic E-state index is 6.24. The number of aryl methyl sites for hydroxylation is 1. The molecule has 96 valence electrons. The molecule has 2 rings (SSSR count). The van der Waals surface area contributed by atoms with Crippen LogP contribution in [0.2, 0.25) is 5.02 Å². The number of benzene rings is 1. The fourth-order valence-electron chi connectivity index (χ4n) is 1.92. The van der Waals surface area contributed by atoms with Gasteiger partial charge in [-0.1, -0.05) is 24.6 Å². The smallest absolute Gasteiger partial charge is 0.0451 e. The molecular weight excluding hydrogens is 262 g/mol. The molecule has 1 aromatic carbocycles. The molecule has 2 aromatic rings. The summed E-state index contributed by atoms with van der Waals surface area (Å²) in [4.78, 5) is 1.34. The molecule has 0 spiro atoms. The van der Waals surface area contributed by atoms with E-state index in [4.69, 9.17) is 11.6 Å². The molecular formula is C15H18ClNS. The fourth-order valence-corrected chi connectivity index (χ4v) is 3.03. The van der Waals surface area contributed by atoms with Crippen LogP contribution in [0.1, 0.15) is 24.5 Å². The Morgan fingerprint density at radius 1 is 1.28 bits per heavy atom. The third-order valence-corrected chi connectivity index (χ3v) is 4.35. The van der Waals surface area contributed by atoms with Gasteiger partial charge in [0.25, 0.3) is 0 Å². The lowest BCUT2D eigenvalue weighted by Crippen LogP contribution is -2.14. The van der Waals surface area contributed by atoms with Crippen LogP contribution in [-0.4, -0.2) is 6.54 Å². The second-order valence-electron chi connectivity index (χ2n) is 4.42. The molecule has 0 amide bonds. The maximum Gasteiger partial charge on any atom is 0.0451 e. The van der Waals surface area contributed by atoms with E-state index in [9.17, 15) is 0 Å². The lowest BCUT2D eigenvalue weighted by molar-refractivity contribution is 0.676. The highest BCUT2D eigenvalue weighted by molar-refractivity contribution is 7.13. The molecule has 0 fully saturated rings. The summed E-state index contributed by atoms with van der Waals surface area (Å²) in [6.07, 6.45) is 1.14. The van der Waals surface area contributed by atoms with Crippen molar-refractivity contribution < 1.29 is 0 Å². The van der Waals surface area contributed by atoms with Gasteiger partial charge in [0.2, 0.25) is 0 Å².